The van der Waals surface area contributed by atoms with Crippen molar-refractivity contribution in [3.63, 3.8) is 0 Å². The van der Waals surface area contributed by atoms with Gasteiger partial charge >= 0.3 is 0 Å². The predicted octanol–water partition coefficient (Wildman–Crippen LogP) is 0.471. The van der Waals surface area contributed by atoms with Gasteiger partial charge in [-0.05, 0) is 25.5 Å². The molecule has 0 atom stereocenters. The zero-order valence-corrected chi connectivity index (χ0v) is 12.6. The first-order valence-electron chi connectivity index (χ1n) is 7.02. The summed E-state index contributed by atoms with van der Waals surface area (Å²) in [5.41, 5.74) is 12.7. The Labute approximate surface area is 125 Å². The predicted molar refractivity (Wildman–Crippen MR) is 83.2 cm³/mol. The van der Waals surface area contributed by atoms with Crippen molar-refractivity contribution in [3.05, 3.63) is 29.8 Å². The van der Waals surface area contributed by atoms with E-state index in [9.17, 15) is 9.59 Å². The SMILES string of the molecule is CC(C)NC(=O)CCN(CC(N)=O)Cc1ccccc1N. The number of para-hydroxylation sites is 1. The lowest BCUT2D eigenvalue weighted by Gasteiger charge is -2.21. The minimum absolute atomic E-state index is 0.0412. The third-order valence-electron chi connectivity index (χ3n) is 2.93. The standard InChI is InChI=1S/C15H24N4O2/c1-11(2)18-15(21)7-8-19(10-14(17)20)9-12-5-3-4-6-13(12)16/h3-6,11H,7-10,16H2,1-2H3,(H2,17,20)(H,18,21). The van der Waals surface area contributed by atoms with Crippen molar-refractivity contribution in [2.45, 2.75) is 32.9 Å². The van der Waals surface area contributed by atoms with Crippen LogP contribution in [0.1, 0.15) is 25.8 Å². The zero-order valence-electron chi connectivity index (χ0n) is 12.6. The molecule has 1 aromatic carbocycles. The van der Waals surface area contributed by atoms with Crippen LogP contribution in [-0.2, 0) is 16.1 Å². The molecule has 0 saturated carbocycles. The van der Waals surface area contributed by atoms with E-state index in [1.165, 1.54) is 0 Å². The molecule has 2 amide bonds. The summed E-state index contributed by atoms with van der Waals surface area (Å²) in [6.45, 7) is 4.86. The number of anilines is 1. The molecule has 1 rings (SSSR count). The number of nitrogens with zero attached hydrogens (tertiary/aromatic N) is 1. The van der Waals surface area contributed by atoms with Crippen LogP contribution in [0.3, 0.4) is 0 Å². The van der Waals surface area contributed by atoms with Gasteiger partial charge in [-0.15, -0.1) is 0 Å². The van der Waals surface area contributed by atoms with Crippen LogP contribution in [0.5, 0.6) is 0 Å². The van der Waals surface area contributed by atoms with Crippen LogP contribution >= 0.6 is 0 Å². The maximum absolute atomic E-state index is 11.7. The molecule has 0 fully saturated rings. The summed E-state index contributed by atoms with van der Waals surface area (Å²) in [6, 6.07) is 7.56. The van der Waals surface area contributed by atoms with E-state index in [4.69, 9.17) is 11.5 Å². The van der Waals surface area contributed by atoms with Crippen LogP contribution < -0.4 is 16.8 Å². The van der Waals surface area contributed by atoms with Crippen molar-refractivity contribution >= 4 is 17.5 Å². The fourth-order valence-electron chi connectivity index (χ4n) is 2.01. The number of primary amides is 1. The van der Waals surface area contributed by atoms with E-state index in [0.717, 1.165) is 5.56 Å². The summed E-state index contributed by atoms with van der Waals surface area (Å²) in [6.07, 6.45) is 0.318. The molecule has 0 bridgehead atoms. The number of carbonyl (C=O) groups excluding carboxylic acids is 2. The first-order chi connectivity index (χ1) is 9.88. The Kier molecular flexibility index (Phi) is 6.68. The Bertz CT molecular complexity index is 488. The molecule has 21 heavy (non-hydrogen) atoms. The molecule has 0 aliphatic carbocycles. The Morgan fingerprint density at radius 2 is 1.95 bits per heavy atom. The Balaban J connectivity index is 2.62. The van der Waals surface area contributed by atoms with Crippen LogP contribution in [0, 0.1) is 0 Å². The van der Waals surface area contributed by atoms with Crippen LogP contribution in [0.4, 0.5) is 5.69 Å². The Hall–Kier alpha value is -2.08. The van der Waals surface area contributed by atoms with Crippen molar-refractivity contribution in [1.29, 1.82) is 0 Å². The normalized spacial score (nSPS) is 10.9. The van der Waals surface area contributed by atoms with Gasteiger partial charge < -0.3 is 16.8 Å². The lowest BCUT2D eigenvalue weighted by molar-refractivity contribution is -0.123. The highest BCUT2D eigenvalue weighted by atomic mass is 16.2. The first-order valence-corrected chi connectivity index (χ1v) is 7.02. The molecule has 0 saturated heterocycles. The van der Waals surface area contributed by atoms with Crippen molar-refractivity contribution < 1.29 is 9.59 Å². The molecular weight excluding hydrogens is 268 g/mol. The number of rotatable bonds is 8. The van der Waals surface area contributed by atoms with E-state index < -0.39 is 5.91 Å². The van der Waals surface area contributed by atoms with Gasteiger partial charge in [-0.3, -0.25) is 14.5 Å². The number of nitrogens with two attached hydrogens (primary N) is 2. The summed E-state index contributed by atoms with van der Waals surface area (Å²) in [5, 5.41) is 2.82. The highest BCUT2D eigenvalue weighted by molar-refractivity contribution is 5.77. The molecule has 0 spiro atoms. The maximum Gasteiger partial charge on any atom is 0.231 e. The molecule has 0 heterocycles. The molecule has 116 valence electrons. The Morgan fingerprint density at radius 1 is 1.29 bits per heavy atom. The lowest BCUT2D eigenvalue weighted by Crippen LogP contribution is -2.37. The van der Waals surface area contributed by atoms with Gasteiger partial charge in [0.2, 0.25) is 11.8 Å². The minimum atomic E-state index is -0.422. The minimum Gasteiger partial charge on any atom is -0.398 e. The number of hydrogen-bond acceptors (Lipinski definition) is 4. The number of carbonyl (C=O) groups is 2. The van der Waals surface area contributed by atoms with Crippen molar-refractivity contribution in [2.75, 3.05) is 18.8 Å². The summed E-state index contributed by atoms with van der Waals surface area (Å²) in [7, 11) is 0. The van der Waals surface area contributed by atoms with Gasteiger partial charge in [0.25, 0.3) is 0 Å². The summed E-state index contributed by atoms with van der Waals surface area (Å²) in [4.78, 5) is 24.7. The van der Waals surface area contributed by atoms with Crippen LogP contribution in [0.2, 0.25) is 0 Å². The number of amides is 2. The zero-order chi connectivity index (χ0) is 15.8. The lowest BCUT2D eigenvalue weighted by atomic mass is 10.1. The van der Waals surface area contributed by atoms with Gasteiger partial charge in [-0.25, -0.2) is 0 Å². The summed E-state index contributed by atoms with van der Waals surface area (Å²) < 4.78 is 0. The third kappa shape index (κ3) is 6.76. The van der Waals surface area contributed by atoms with E-state index in [0.29, 0.717) is 25.2 Å². The van der Waals surface area contributed by atoms with E-state index in [2.05, 4.69) is 5.32 Å². The van der Waals surface area contributed by atoms with Gasteiger partial charge in [-0.1, -0.05) is 18.2 Å². The van der Waals surface area contributed by atoms with E-state index in [1.54, 1.807) is 0 Å². The second-order valence-corrected chi connectivity index (χ2v) is 5.35. The van der Waals surface area contributed by atoms with Crippen LogP contribution in [-0.4, -0.2) is 35.8 Å². The highest BCUT2D eigenvalue weighted by Crippen LogP contribution is 2.13. The molecule has 5 N–H and O–H groups in total. The first kappa shape index (κ1) is 17.0. The van der Waals surface area contributed by atoms with Crippen molar-refractivity contribution in [3.8, 4) is 0 Å². The van der Waals surface area contributed by atoms with E-state index in [1.807, 2.05) is 43.0 Å². The molecule has 0 aliphatic heterocycles. The van der Waals surface area contributed by atoms with E-state index in [-0.39, 0.29) is 18.5 Å². The van der Waals surface area contributed by atoms with E-state index >= 15 is 0 Å². The quantitative estimate of drug-likeness (QED) is 0.606. The molecule has 0 aromatic heterocycles. The summed E-state index contributed by atoms with van der Waals surface area (Å²) >= 11 is 0. The van der Waals surface area contributed by atoms with Crippen molar-refractivity contribution in [2.24, 2.45) is 5.73 Å². The van der Waals surface area contributed by atoms with Gasteiger partial charge in [0.1, 0.15) is 0 Å². The number of hydrogen-bond donors (Lipinski definition) is 3. The third-order valence-corrected chi connectivity index (χ3v) is 2.93. The monoisotopic (exact) mass is 292 g/mol. The second kappa shape index (κ2) is 8.26. The average molecular weight is 292 g/mol. The number of nitrogen functional groups attached to an aromatic ring is 1. The molecule has 0 radical (unpaired) electrons. The second-order valence-electron chi connectivity index (χ2n) is 5.35. The molecular formula is C15H24N4O2. The fraction of sp³-hybridized carbons (Fsp3) is 0.467. The fourth-order valence-corrected chi connectivity index (χ4v) is 2.01. The number of nitrogens with one attached hydrogen (secondary N) is 1. The Morgan fingerprint density at radius 3 is 2.52 bits per heavy atom. The smallest absolute Gasteiger partial charge is 0.231 e. The van der Waals surface area contributed by atoms with Crippen molar-refractivity contribution in [1.82, 2.24) is 10.2 Å². The highest BCUT2D eigenvalue weighted by Gasteiger charge is 2.13. The molecule has 6 heteroatoms. The van der Waals surface area contributed by atoms with Gasteiger partial charge in [0.15, 0.2) is 0 Å². The molecule has 0 unspecified atom stereocenters. The number of benzene rings is 1. The molecule has 0 aliphatic rings. The molecule has 1 aromatic rings. The van der Waals surface area contributed by atoms with Crippen LogP contribution in [0.25, 0.3) is 0 Å². The average Bonchev–Trinajstić information content (AvgIpc) is 2.37. The van der Waals surface area contributed by atoms with Gasteiger partial charge in [0, 0.05) is 31.2 Å². The maximum atomic E-state index is 11.7. The summed E-state index contributed by atoms with van der Waals surface area (Å²) in [5.74, 6) is -0.464. The largest absolute Gasteiger partial charge is 0.398 e. The topological polar surface area (TPSA) is 101 Å². The molecule has 6 nitrogen and oxygen atoms in total. The van der Waals surface area contributed by atoms with Gasteiger partial charge in [-0.2, -0.15) is 0 Å². The van der Waals surface area contributed by atoms with Crippen LogP contribution in [0.15, 0.2) is 24.3 Å². The van der Waals surface area contributed by atoms with Gasteiger partial charge in [0.05, 0.1) is 6.54 Å².